The van der Waals surface area contributed by atoms with Crippen molar-refractivity contribution in [3.05, 3.63) is 106 Å². The van der Waals surface area contributed by atoms with E-state index in [1.807, 2.05) is 47.4 Å². The van der Waals surface area contributed by atoms with Gasteiger partial charge in [0.05, 0.1) is 28.2 Å². The third-order valence-corrected chi connectivity index (χ3v) is 7.28. The van der Waals surface area contributed by atoms with E-state index in [9.17, 15) is 15.3 Å². The lowest BCUT2D eigenvalue weighted by atomic mass is 9.69. The number of nitrogens with zero attached hydrogens (tertiary/aromatic N) is 3. The molecule has 1 fully saturated rings. The molecule has 0 saturated carbocycles. The normalized spacial score (nSPS) is 22.1. The smallest absolute Gasteiger partial charge is 0.185 e. The van der Waals surface area contributed by atoms with Gasteiger partial charge in [0.1, 0.15) is 6.04 Å². The Hall–Kier alpha value is -3.57. The van der Waals surface area contributed by atoms with Crippen LogP contribution in [0.3, 0.4) is 0 Å². The maximum atomic E-state index is 14.0. The summed E-state index contributed by atoms with van der Waals surface area (Å²) in [6, 6.07) is 24.9. The van der Waals surface area contributed by atoms with E-state index in [0.717, 1.165) is 11.3 Å². The lowest BCUT2D eigenvalue weighted by molar-refractivity contribution is 0.0951. The third-order valence-electron chi connectivity index (χ3n) is 6.54. The standard InChI is InChI=1S/C27H17Cl2N3O/c28-20-12-10-19(14-21(20)29)24-25(26(33)18-7-2-1-3-8-18)32-22-9-5-4-6-17(22)11-13-23(32)27(24,15-30)16-31/h1-14,23-25H/t23-,24-,25+/m1/s1. The summed E-state index contributed by atoms with van der Waals surface area (Å²) in [5.74, 6) is -0.912. The SMILES string of the molecule is N#CC1(C#N)[C@H](c2ccc(Cl)c(Cl)c2)[C@@H](C(=O)c2ccccc2)N2c3ccccc3C=C[C@@H]21. The average Bonchev–Trinajstić information content (AvgIpc) is 3.17. The lowest BCUT2D eigenvalue weighted by Gasteiger charge is -2.35. The molecule has 0 aromatic heterocycles. The molecule has 2 aliphatic heterocycles. The van der Waals surface area contributed by atoms with Gasteiger partial charge >= 0.3 is 0 Å². The maximum Gasteiger partial charge on any atom is 0.185 e. The van der Waals surface area contributed by atoms with Crippen molar-refractivity contribution >= 4 is 40.7 Å². The molecule has 0 amide bonds. The Morgan fingerprint density at radius 2 is 1.61 bits per heavy atom. The first-order valence-corrected chi connectivity index (χ1v) is 11.2. The fraction of sp³-hybridized carbons (Fsp3) is 0.148. The molecular weight excluding hydrogens is 453 g/mol. The van der Waals surface area contributed by atoms with Crippen molar-refractivity contribution in [3.8, 4) is 12.1 Å². The van der Waals surface area contributed by atoms with E-state index in [4.69, 9.17) is 23.2 Å². The highest BCUT2D eigenvalue weighted by molar-refractivity contribution is 6.42. The molecule has 0 radical (unpaired) electrons. The second-order valence-corrected chi connectivity index (χ2v) is 9.00. The van der Waals surface area contributed by atoms with E-state index in [1.165, 1.54) is 0 Å². The van der Waals surface area contributed by atoms with Crippen LogP contribution in [-0.2, 0) is 0 Å². The summed E-state index contributed by atoms with van der Waals surface area (Å²) in [4.78, 5) is 16.0. The number of carbonyl (C=O) groups is 1. The molecule has 2 aliphatic rings. The largest absolute Gasteiger partial charge is 0.351 e. The highest BCUT2D eigenvalue weighted by atomic mass is 35.5. The Balaban J connectivity index is 1.80. The van der Waals surface area contributed by atoms with Crippen molar-refractivity contribution in [2.45, 2.75) is 18.0 Å². The van der Waals surface area contributed by atoms with Crippen molar-refractivity contribution in [1.29, 1.82) is 10.5 Å². The van der Waals surface area contributed by atoms with Gasteiger partial charge in [0.15, 0.2) is 11.2 Å². The van der Waals surface area contributed by atoms with Crippen molar-refractivity contribution in [3.63, 3.8) is 0 Å². The van der Waals surface area contributed by atoms with Crippen LogP contribution in [0.15, 0.2) is 78.9 Å². The van der Waals surface area contributed by atoms with Crippen LogP contribution in [0.1, 0.15) is 27.4 Å². The van der Waals surface area contributed by atoms with E-state index in [-0.39, 0.29) is 5.78 Å². The molecule has 160 valence electrons. The number of halogens is 2. The van der Waals surface area contributed by atoms with E-state index < -0.39 is 23.4 Å². The van der Waals surface area contributed by atoms with E-state index >= 15 is 0 Å². The fourth-order valence-corrected chi connectivity index (χ4v) is 5.39. The zero-order chi connectivity index (χ0) is 23.2. The summed E-state index contributed by atoms with van der Waals surface area (Å²) in [5.41, 5.74) is 1.37. The molecule has 6 heteroatoms. The number of ketones is 1. The number of fused-ring (bicyclic) bond motifs is 3. The zero-order valence-corrected chi connectivity index (χ0v) is 18.8. The van der Waals surface area contributed by atoms with Gasteiger partial charge in [0, 0.05) is 17.2 Å². The van der Waals surface area contributed by atoms with Gasteiger partial charge in [0.25, 0.3) is 0 Å². The summed E-state index contributed by atoms with van der Waals surface area (Å²) in [6.07, 6.45) is 3.78. The summed E-state index contributed by atoms with van der Waals surface area (Å²) in [5, 5.41) is 21.5. The number of hydrogen-bond acceptors (Lipinski definition) is 4. The van der Waals surface area contributed by atoms with Gasteiger partial charge in [-0.1, -0.05) is 90.0 Å². The van der Waals surface area contributed by atoms with Gasteiger partial charge in [0.2, 0.25) is 0 Å². The third kappa shape index (κ3) is 3.15. The quantitative estimate of drug-likeness (QED) is 0.423. The molecule has 1 saturated heterocycles. The van der Waals surface area contributed by atoms with Crippen molar-refractivity contribution in [2.24, 2.45) is 5.41 Å². The first-order chi connectivity index (χ1) is 16.0. The van der Waals surface area contributed by atoms with Gasteiger partial charge in [-0.2, -0.15) is 10.5 Å². The number of benzene rings is 3. The monoisotopic (exact) mass is 469 g/mol. The molecule has 0 unspecified atom stereocenters. The van der Waals surface area contributed by atoms with Crippen LogP contribution in [0.2, 0.25) is 10.0 Å². The molecule has 5 rings (SSSR count). The van der Waals surface area contributed by atoms with E-state index in [2.05, 4.69) is 12.1 Å². The minimum Gasteiger partial charge on any atom is -0.351 e. The molecule has 3 aromatic carbocycles. The second kappa shape index (κ2) is 8.09. The first kappa shape index (κ1) is 21.3. The fourth-order valence-electron chi connectivity index (χ4n) is 5.09. The summed E-state index contributed by atoms with van der Waals surface area (Å²) >= 11 is 12.5. The Bertz CT molecular complexity index is 1360. The Kier molecular flexibility index (Phi) is 5.22. The Morgan fingerprint density at radius 1 is 0.909 bits per heavy atom. The molecule has 4 nitrogen and oxygen atoms in total. The van der Waals surface area contributed by atoms with Crippen LogP contribution >= 0.6 is 23.2 Å². The molecule has 0 bridgehead atoms. The number of para-hydroxylation sites is 1. The van der Waals surface area contributed by atoms with Crippen LogP contribution in [-0.4, -0.2) is 17.9 Å². The minimum absolute atomic E-state index is 0.158. The maximum absolute atomic E-state index is 14.0. The van der Waals surface area contributed by atoms with Gasteiger partial charge in [-0.3, -0.25) is 4.79 Å². The molecule has 0 N–H and O–H groups in total. The minimum atomic E-state index is -1.52. The number of nitriles is 2. The number of carbonyl (C=O) groups excluding carboxylic acids is 1. The highest BCUT2D eigenvalue weighted by Crippen LogP contribution is 2.55. The van der Waals surface area contributed by atoms with Crippen LogP contribution < -0.4 is 4.90 Å². The average molecular weight is 470 g/mol. The summed E-state index contributed by atoms with van der Waals surface area (Å²) < 4.78 is 0. The summed E-state index contributed by atoms with van der Waals surface area (Å²) in [6.45, 7) is 0. The van der Waals surface area contributed by atoms with Crippen LogP contribution in [0, 0.1) is 28.1 Å². The molecular formula is C27H17Cl2N3O. The zero-order valence-electron chi connectivity index (χ0n) is 17.3. The number of anilines is 1. The molecule has 3 atom stereocenters. The number of hydrogen-bond donors (Lipinski definition) is 0. The van der Waals surface area contributed by atoms with Gasteiger partial charge in [-0.05, 0) is 29.3 Å². The van der Waals surface area contributed by atoms with E-state index in [0.29, 0.717) is 21.2 Å². The summed E-state index contributed by atoms with van der Waals surface area (Å²) in [7, 11) is 0. The van der Waals surface area contributed by atoms with Crippen LogP contribution in [0.5, 0.6) is 0 Å². The molecule has 33 heavy (non-hydrogen) atoms. The second-order valence-electron chi connectivity index (χ2n) is 8.19. The molecule has 2 heterocycles. The van der Waals surface area contributed by atoms with Gasteiger partial charge < -0.3 is 4.90 Å². The first-order valence-electron chi connectivity index (χ1n) is 10.4. The Labute approximate surface area is 201 Å². The van der Waals surface area contributed by atoms with Crippen LogP contribution in [0.25, 0.3) is 6.08 Å². The predicted octanol–water partition coefficient (Wildman–Crippen LogP) is 6.28. The van der Waals surface area contributed by atoms with Crippen LogP contribution in [0.4, 0.5) is 5.69 Å². The van der Waals surface area contributed by atoms with Gasteiger partial charge in [-0.15, -0.1) is 0 Å². The highest BCUT2D eigenvalue weighted by Gasteiger charge is 2.63. The lowest BCUT2D eigenvalue weighted by Crippen LogP contribution is -2.44. The van der Waals surface area contributed by atoms with Crippen molar-refractivity contribution in [2.75, 3.05) is 4.90 Å². The number of rotatable bonds is 3. The molecule has 3 aromatic rings. The van der Waals surface area contributed by atoms with Crippen molar-refractivity contribution in [1.82, 2.24) is 0 Å². The molecule has 0 aliphatic carbocycles. The Morgan fingerprint density at radius 3 is 2.30 bits per heavy atom. The molecule has 0 spiro atoms. The van der Waals surface area contributed by atoms with Gasteiger partial charge in [-0.25, -0.2) is 0 Å². The predicted molar refractivity (Wildman–Crippen MR) is 129 cm³/mol. The van der Waals surface area contributed by atoms with Crippen molar-refractivity contribution < 1.29 is 4.79 Å². The topological polar surface area (TPSA) is 67.9 Å². The van der Waals surface area contributed by atoms with E-state index in [1.54, 1.807) is 42.5 Å². The number of Topliss-reactive ketones (excluding diaryl/α,β-unsaturated/α-hetero) is 1.